The van der Waals surface area contributed by atoms with Gasteiger partial charge in [-0.1, -0.05) is 18.2 Å². The maximum atomic E-state index is 12.1. The summed E-state index contributed by atoms with van der Waals surface area (Å²) in [6.07, 6.45) is 2.81. The number of hydrogen-bond acceptors (Lipinski definition) is 5. The van der Waals surface area contributed by atoms with Crippen LogP contribution < -0.4 is 0 Å². The van der Waals surface area contributed by atoms with E-state index in [1.54, 1.807) is 0 Å². The molecule has 0 atom stereocenters. The summed E-state index contributed by atoms with van der Waals surface area (Å²) in [5.74, 6) is -2.00. The van der Waals surface area contributed by atoms with Crippen LogP contribution in [-0.2, 0) is 20.4 Å². The van der Waals surface area contributed by atoms with Crippen molar-refractivity contribution in [1.29, 1.82) is 0 Å². The number of allylic oxidation sites excluding steroid dienone is 1. The maximum Gasteiger partial charge on any atom is 0.335 e. The minimum Gasteiger partial charge on any atom is -0.478 e. The highest BCUT2D eigenvalue weighted by molar-refractivity contribution is 8.07. The van der Waals surface area contributed by atoms with E-state index in [0.717, 1.165) is 0 Å². The number of nitrogens with zero attached hydrogens (tertiary/aromatic N) is 1. The molecule has 1 aromatic rings. The summed E-state index contributed by atoms with van der Waals surface area (Å²) in [5, 5.41) is 8.31. The van der Waals surface area contributed by atoms with Gasteiger partial charge in [-0.3, -0.25) is 4.79 Å². The minimum atomic E-state index is -3.82. The van der Waals surface area contributed by atoms with E-state index in [0.29, 0.717) is 5.56 Å². The lowest BCUT2D eigenvalue weighted by Gasteiger charge is -2.08. The molecular weight excluding hydrogens is 282 g/mol. The number of benzene rings is 1. The second kappa shape index (κ2) is 5.38. The van der Waals surface area contributed by atoms with Crippen LogP contribution in [0.4, 0.5) is 0 Å². The first-order valence-electron chi connectivity index (χ1n) is 5.71. The van der Waals surface area contributed by atoms with Crippen LogP contribution in [0.25, 0.3) is 0 Å². The molecule has 1 heterocycles. The molecule has 0 aliphatic carbocycles. The quantitative estimate of drug-likeness (QED) is 0.902. The zero-order chi connectivity index (χ0) is 14.8. The van der Waals surface area contributed by atoms with E-state index in [2.05, 4.69) is 4.99 Å². The number of aliphatic imine (C=N–C) groups is 1. The van der Waals surface area contributed by atoms with Gasteiger partial charge in [-0.15, -0.1) is 0 Å². The van der Waals surface area contributed by atoms with Crippen LogP contribution in [-0.4, -0.2) is 30.3 Å². The molecule has 7 heteroatoms. The number of sulfone groups is 1. The summed E-state index contributed by atoms with van der Waals surface area (Å²) in [7, 11) is -3.82. The fraction of sp³-hybridized carbons (Fsp3) is 0.154. The Morgan fingerprint density at radius 2 is 1.90 bits per heavy atom. The molecule has 0 saturated heterocycles. The Hall–Kier alpha value is -2.28. The van der Waals surface area contributed by atoms with E-state index < -0.39 is 26.6 Å². The van der Waals surface area contributed by atoms with E-state index in [1.807, 2.05) is 0 Å². The average molecular weight is 293 g/mol. The fourth-order valence-corrected chi connectivity index (χ4v) is 3.14. The van der Waals surface area contributed by atoms with Crippen molar-refractivity contribution >= 4 is 26.6 Å². The van der Waals surface area contributed by atoms with Crippen molar-refractivity contribution in [3.05, 3.63) is 47.7 Å². The Morgan fingerprint density at radius 1 is 1.25 bits per heavy atom. The molecule has 0 radical (unpaired) electrons. The van der Waals surface area contributed by atoms with Gasteiger partial charge in [-0.2, -0.15) is 0 Å². The number of Topliss-reactive ketones (excluding diaryl/α,β-unsaturated/α-hetero) is 1. The van der Waals surface area contributed by atoms with Crippen molar-refractivity contribution in [3.63, 3.8) is 0 Å². The normalized spacial score (nSPS) is 15.0. The van der Waals surface area contributed by atoms with Crippen LogP contribution >= 0.6 is 0 Å². The van der Waals surface area contributed by atoms with Crippen molar-refractivity contribution < 1.29 is 23.1 Å². The first kappa shape index (κ1) is 14.1. The monoisotopic (exact) mass is 293 g/mol. The van der Waals surface area contributed by atoms with Gasteiger partial charge < -0.3 is 5.11 Å². The topological polar surface area (TPSA) is 101 Å². The first-order valence-corrected chi connectivity index (χ1v) is 7.36. The third-order valence-corrected chi connectivity index (χ3v) is 4.33. The van der Waals surface area contributed by atoms with Crippen molar-refractivity contribution in [2.24, 2.45) is 4.99 Å². The van der Waals surface area contributed by atoms with Gasteiger partial charge >= 0.3 is 5.97 Å². The van der Waals surface area contributed by atoms with Crippen molar-refractivity contribution in [1.82, 2.24) is 0 Å². The fourth-order valence-electron chi connectivity index (χ4n) is 1.72. The van der Waals surface area contributed by atoms with Gasteiger partial charge in [0.25, 0.3) is 0 Å². The van der Waals surface area contributed by atoms with Gasteiger partial charge in [-0.25, -0.2) is 18.2 Å². The highest BCUT2D eigenvalue weighted by atomic mass is 32.2. The van der Waals surface area contributed by atoms with E-state index >= 15 is 0 Å². The molecule has 0 bridgehead atoms. The van der Waals surface area contributed by atoms with E-state index in [4.69, 9.17) is 5.11 Å². The van der Waals surface area contributed by atoms with Crippen molar-refractivity contribution in [2.75, 3.05) is 0 Å². The number of carbonyl (C=O) groups is 2. The molecule has 0 aromatic heterocycles. The number of rotatable bonds is 3. The summed E-state index contributed by atoms with van der Waals surface area (Å²) >= 11 is 0. The summed E-state index contributed by atoms with van der Waals surface area (Å²) < 4.78 is 24.2. The molecule has 20 heavy (non-hydrogen) atoms. The van der Waals surface area contributed by atoms with E-state index in [9.17, 15) is 18.0 Å². The Bertz CT molecular complexity index is 714. The molecule has 1 aliphatic rings. The van der Waals surface area contributed by atoms with Crippen LogP contribution in [0.1, 0.15) is 22.3 Å². The van der Waals surface area contributed by atoms with Crippen molar-refractivity contribution in [3.8, 4) is 0 Å². The van der Waals surface area contributed by atoms with Gasteiger partial charge in [0, 0.05) is 12.6 Å². The predicted octanol–water partition coefficient (Wildman–Crippen LogP) is 1.18. The zero-order valence-electron chi connectivity index (χ0n) is 10.3. The molecule has 1 aromatic carbocycles. The Labute approximate surface area is 115 Å². The van der Waals surface area contributed by atoms with Gasteiger partial charge in [0.1, 0.15) is 0 Å². The number of ketones is 1. The Morgan fingerprint density at radius 3 is 2.45 bits per heavy atom. The van der Waals surface area contributed by atoms with Crippen LogP contribution in [0.3, 0.4) is 0 Å². The second-order valence-corrected chi connectivity index (χ2v) is 6.11. The standard InChI is InChI=1S/C13H11NO5S/c15-11-2-1-7-14-12(11)20(18,19)8-9-3-5-10(6-4-9)13(16)17/h1,3-7H,2,8H2,(H,16,17). The minimum absolute atomic E-state index is 0.0238. The van der Waals surface area contributed by atoms with Gasteiger partial charge in [0.2, 0.25) is 9.84 Å². The van der Waals surface area contributed by atoms with Crippen LogP contribution in [0.5, 0.6) is 0 Å². The lowest BCUT2D eigenvalue weighted by atomic mass is 10.1. The average Bonchev–Trinajstić information content (AvgIpc) is 2.39. The molecule has 1 N–H and O–H groups in total. The van der Waals surface area contributed by atoms with E-state index in [1.165, 1.54) is 36.5 Å². The Kier molecular flexibility index (Phi) is 3.80. The van der Waals surface area contributed by atoms with Gasteiger partial charge in [-0.05, 0) is 17.7 Å². The number of carboxylic acids is 1. The molecular formula is C13H11NO5S. The predicted molar refractivity (Wildman–Crippen MR) is 72.2 cm³/mol. The van der Waals surface area contributed by atoms with Crippen LogP contribution in [0, 0.1) is 0 Å². The molecule has 0 amide bonds. The molecule has 104 valence electrons. The van der Waals surface area contributed by atoms with Crippen molar-refractivity contribution in [2.45, 2.75) is 12.2 Å². The number of hydrogen-bond donors (Lipinski definition) is 1. The lowest BCUT2D eigenvalue weighted by Crippen LogP contribution is -2.26. The summed E-state index contributed by atoms with van der Waals surface area (Å²) in [4.78, 5) is 25.9. The third-order valence-electron chi connectivity index (χ3n) is 2.69. The summed E-state index contributed by atoms with van der Waals surface area (Å²) in [6, 6.07) is 5.45. The third kappa shape index (κ3) is 3.00. The highest BCUT2D eigenvalue weighted by Crippen LogP contribution is 2.13. The van der Waals surface area contributed by atoms with Gasteiger partial charge in [0.15, 0.2) is 10.8 Å². The van der Waals surface area contributed by atoms with Gasteiger partial charge in [0.05, 0.1) is 11.3 Å². The molecule has 2 rings (SSSR count). The SMILES string of the molecule is O=C1CC=CN=C1S(=O)(=O)Cc1ccc(C(=O)O)cc1. The second-order valence-electron chi connectivity index (χ2n) is 4.21. The lowest BCUT2D eigenvalue weighted by molar-refractivity contribution is -0.112. The molecule has 0 saturated carbocycles. The highest BCUT2D eigenvalue weighted by Gasteiger charge is 2.27. The molecule has 0 unspecified atom stereocenters. The molecule has 0 spiro atoms. The maximum absolute atomic E-state index is 12.1. The molecule has 0 fully saturated rings. The van der Waals surface area contributed by atoms with Crippen LogP contribution in [0.2, 0.25) is 0 Å². The van der Waals surface area contributed by atoms with E-state index in [-0.39, 0.29) is 17.7 Å². The summed E-state index contributed by atoms with van der Waals surface area (Å²) in [6.45, 7) is 0. The zero-order valence-corrected chi connectivity index (χ0v) is 11.1. The number of carboxylic acid groups (broad SMARTS) is 1. The number of carbonyl (C=O) groups excluding carboxylic acids is 1. The van der Waals surface area contributed by atoms with Crippen LogP contribution in [0.15, 0.2) is 41.5 Å². The Balaban J connectivity index is 2.24. The molecule has 6 nitrogen and oxygen atoms in total. The summed E-state index contributed by atoms with van der Waals surface area (Å²) in [5.41, 5.74) is 0.472. The smallest absolute Gasteiger partial charge is 0.335 e. The first-order chi connectivity index (χ1) is 9.40. The molecule has 1 aliphatic heterocycles. The largest absolute Gasteiger partial charge is 0.478 e. The number of aromatic carboxylic acids is 1.